The van der Waals surface area contributed by atoms with Gasteiger partial charge in [-0.3, -0.25) is 0 Å². The molecule has 1 aromatic carbocycles. The van der Waals surface area contributed by atoms with Crippen LogP contribution < -0.4 is 0 Å². The fourth-order valence-electron chi connectivity index (χ4n) is 2.51. The number of H-pyrrole nitrogens is 1. The van der Waals surface area contributed by atoms with Gasteiger partial charge in [0.2, 0.25) is 0 Å². The lowest BCUT2D eigenvalue weighted by Crippen LogP contribution is -1.88. The molecule has 0 fully saturated rings. The number of rotatable bonds is 7. The van der Waals surface area contributed by atoms with Crippen molar-refractivity contribution in [3.63, 3.8) is 0 Å². The molecule has 0 saturated heterocycles. The van der Waals surface area contributed by atoms with Crippen LogP contribution >= 0.6 is 0 Å². The molecule has 0 atom stereocenters. The first-order valence-electron chi connectivity index (χ1n) is 7.66. The highest BCUT2D eigenvalue weighted by Gasteiger charge is 2.04. The van der Waals surface area contributed by atoms with Crippen LogP contribution in [0.1, 0.15) is 62.4 Å². The molecule has 0 aliphatic heterocycles. The first kappa shape index (κ1) is 14.1. The Morgan fingerprint density at radius 3 is 2.42 bits per heavy atom. The van der Waals surface area contributed by atoms with Crippen molar-refractivity contribution in [1.29, 1.82) is 0 Å². The third-order valence-corrected chi connectivity index (χ3v) is 3.91. The molecule has 2 nitrogen and oxygen atoms in total. The molecule has 1 heterocycles. The standard InChI is InChI=1S/C17H26N2/c1-4-5-6-7-8-9-10-17-18-15-11-13(2)14(3)12-16(15)19-17/h11-12H,4-10H2,1-3H3,(H,18,19). The van der Waals surface area contributed by atoms with Crippen molar-refractivity contribution in [2.45, 2.75) is 65.7 Å². The average molecular weight is 258 g/mol. The minimum absolute atomic E-state index is 1.08. The lowest BCUT2D eigenvalue weighted by Gasteiger charge is -1.98. The number of imidazole rings is 1. The van der Waals surface area contributed by atoms with Gasteiger partial charge in [0, 0.05) is 6.42 Å². The van der Waals surface area contributed by atoms with Crippen LogP contribution in [0.5, 0.6) is 0 Å². The number of benzene rings is 1. The molecule has 0 amide bonds. The minimum atomic E-state index is 1.08. The Labute approximate surface area is 116 Å². The summed E-state index contributed by atoms with van der Waals surface area (Å²) in [6.07, 6.45) is 9.11. The van der Waals surface area contributed by atoms with E-state index < -0.39 is 0 Å². The summed E-state index contributed by atoms with van der Waals surface area (Å²) >= 11 is 0. The summed E-state index contributed by atoms with van der Waals surface area (Å²) in [6.45, 7) is 6.57. The van der Waals surface area contributed by atoms with Crippen LogP contribution in [0.25, 0.3) is 11.0 Å². The fourth-order valence-corrected chi connectivity index (χ4v) is 2.51. The van der Waals surface area contributed by atoms with Crippen LogP contribution in [0.3, 0.4) is 0 Å². The van der Waals surface area contributed by atoms with E-state index in [1.165, 1.54) is 55.2 Å². The topological polar surface area (TPSA) is 28.7 Å². The van der Waals surface area contributed by atoms with Crippen molar-refractivity contribution < 1.29 is 0 Å². The maximum Gasteiger partial charge on any atom is 0.107 e. The van der Waals surface area contributed by atoms with E-state index in [0.29, 0.717) is 0 Å². The van der Waals surface area contributed by atoms with Crippen LogP contribution in [0.15, 0.2) is 12.1 Å². The summed E-state index contributed by atoms with van der Waals surface area (Å²) in [5.74, 6) is 1.15. The van der Waals surface area contributed by atoms with Crippen LogP contribution in [0, 0.1) is 13.8 Å². The number of nitrogens with zero attached hydrogens (tertiary/aromatic N) is 1. The summed E-state index contributed by atoms with van der Waals surface area (Å²) in [5, 5.41) is 0. The Bertz CT molecular complexity index is 486. The van der Waals surface area contributed by atoms with E-state index in [2.05, 4.69) is 37.9 Å². The van der Waals surface area contributed by atoms with Crippen molar-refractivity contribution in [1.82, 2.24) is 9.97 Å². The molecule has 0 unspecified atom stereocenters. The molecule has 0 aliphatic rings. The molecule has 0 spiro atoms. The zero-order valence-electron chi connectivity index (χ0n) is 12.6. The van der Waals surface area contributed by atoms with Gasteiger partial charge in [-0.1, -0.05) is 39.0 Å². The number of unbranched alkanes of at least 4 members (excludes halogenated alkanes) is 5. The van der Waals surface area contributed by atoms with Gasteiger partial charge < -0.3 is 4.98 Å². The summed E-state index contributed by atoms with van der Waals surface area (Å²) in [5.41, 5.74) is 4.96. The molecule has 1 aromatic heterocycles. The second-order valence-electron chi connectivity index (χ2n) is 5.65. The lowest BCUT2D eigenvalue weighted by molar-refractivity contribution is 0.602. The molecule has 1 N–H and O–H groups in total. The van der Waals surface area contributed by atoms with Crippen molar-refractivity contribution >= 4 is 11.0 Å². The summed E-state index contributed by atoms with van der Waals surface area (Å²) in [7, 11) is 0. The maximum absolute atomic E-state index is 4.69. The molecule has 104 valence electrons. The summed E-state index contributed by atoms with van der Waals surface area (Å²) in [6, 6.07) is 4.40. The van der Waals surface area contributed by atoms with Gasteiger partial charge in [0.25, 0.3) is 0 Å². The lowest BCUT2D eigenvalue weighted by atomic mass is 10.1. The Morgan fingerprint density at radius 1 is 0.947 bits per heavy atom. The van der Waals surface area contributed by atoms with Gasteiger partial charge in [-0.25, -0.2) is 4.98 Å². The highest BCUT2D eigenvalue weighted by molar-refractivity contribution is 5.77. The molecule has 0 aliphatic carbocycles. The average Bonchev–Trinajstić information content (AvgIpc) is 2.76. The van der Waals surface area contributed by atoms with Crippen molar-refractivity contribution in [2.24, 2.45) is 0 Å². The van der Waals surface area contributed by atoms with E-state index in [1.807, 2.05) is 0 Å². The zero-order chi connectivity index (χ0) is 13.7. The van der Waals surface area contributed by atoms with Crippen molar-refractivity contribution in [3.8, 4) is 0 Å². The van der Waals surface area contributed by atoms with Gasteiger partial charge in [0.15, 0.2) is 0 Å². The molecule has 0 saturated carbocycles. The Hall–Kier alpha value is -1.31. The Kier molecular flexibility index (Phi) is 5.00. The predicted octanol–water partition coefficient (Wildman–Crippen LogP) is 5.08. The molecule has 2 rings (SSSR count). The van der Waals surface area contributed by atoms with E-state index in [0.717, 1.165) is 17.8 Å². The number of aryl methyl sites for hydroxylation is 3. The van der Waals surface area contributed by atoms with E-state index in [-0.39, 0.29) is 0 Å². The Morgan fingerprint density at radius 2 is 1.63 bits per heavy atom. The second kappa shape index (κ2) is 6.74. The molecule has 0 radical (unpaired) electrons. The SMILES string of the molecule is CCCCCCCCc1nc2cc(C)c(C)cc2[nH]1. The van der Waals surface area contributed by atoms with Crippen molar-refractivity contribution in [3.05, 3.63) is 29.1 Å². The van der Waals surface area contributed by atoms with E-state index in [1.54, 1.807) is 0 Å². The number of aromatic nitrogens is 2. The molecular formula is C17H26N2. The minimum Gasteiger partial charge on any atom is -0.342 e. The normalized spacial score (nSPS) is 11.3. The zero-order valence-corrected chi connectivity index (χ0v) is 12.6. The quantitative estimate of drug-likeness (QED) is 0.689. The van der Waals surface area contributed by atoms with E-state index in [4.69, 9.17) is 4.98 Å². The van der Waals surface area contributed by atoms with Crippen LogP contribution in [0.2, 0.25) is 0 Å². The first-order valence-corrected chi connectivity index (χ1v) is 7.66. The fraction of sp³-hybridized carbons (Fsp3) is 0.588. The van der Waals surface area contributed by atoms with Crippen molar-refractivity contribution in [2.75, 3.05) is 0 Å². The maximum atomic E-state index is 4.69. The van der Waals surface area contributed by atoms with E-state index >= 15 is 0 Å². The summed E-state index contributed by atoms with van der Waals surface area (Å²) < 4.78 is 0. The molecule has 0 bridgehead atoms. The highest BCUT2D eigenvalue weighted by Crippen LogP contribution is 2.18. The first-order chi connectivity index (χ1) is 9.20. The molecular weight excluding hydrogens is 232 g/mol. The van der Waals surface area contributed by atoms with Gasteiger partial charge in [-0.2, -0.15) is 0 Å². The Balaban J connectivity index is 1.87. The van der Waals surface area contributed by atoms with E-state index in [9.17, 15) is 0 Å². The van der Waals surface area contributed by atoms with Gasteiger partial charge in [0.1, 0.15) is 5.82 Å². The number of hydrogen-bond acceptors (Lipinski definition) is 1. The third kappa shape index (κ3) is 3.82. The van der Waals surface area contributed by atoms with Gasteiger partial charge >= 0.3 is 0 Å². The third-order valence-electron chi connectivity index (χ3n) is 3.91. The molecule has 2 heteroatoms. The monoisotopic (exact) mass is 258 g/mol. The molecule has 2 aromatic rings. The van der Waals surface area contributed by atoms with Crippen LogP contribution in [-0.2, 0) is 6.42 Å². The second-order valence-corrected chi connectivity index (χ2v) is 5.65. The number of aromatic amines is 1. The molecule has 19 heavy (non-hydrogen) atoms. The van der Waals surface area contributed by atoms with Crippen LogP contribution in [-0.4, -0.2) is 9.97 Å². The predicted molar refractivity (Wildman–Crippen MR) is 82.6 cm³/mol. The van der Waals surface area contributed by atoms with Gasteiger partial charge in [-0.15, -0.1) is 0 Å². The number of fused-ring (bicyclic) bond motifs is 1. The van der Waals surface area contributed by atoms with Gasteiger partial charge in [0.05, 0.1) is 11.0 Å². The van der Waals surface area contributed by atoms with Crippen LogP contribution in [0.4, 0.5) is 0 Å². The number of nitrogens with one attached hydrogen (secondary N) is 1. The summed E-state index contributed by atoms with van der Waals surface area (Å²) in [4.78, 5) is 8.15. The number of hydrogen-bond donors (Lipinski definition) is 1. The highest BCUT2D eigenvalue weighted by atomic mass is 14.9. The largest absolute Gasteiger partial charge is 0.342 e. The van der Waals surface area contributed by atoms with Gasteiger partial charge in [-0.05, 0) is 43.5 Å². The smallest absolute Gasteiger partial charge is 0.107 e.